The van der Waals surface area contributed by atoms with Crippen molar-refractivity contribution >= 4 is 17.3 Å². The van der Waals surface area contributed by atoms with Crippen LogP contribution in [0.1, 0.15) is 23.1 Å². The molecule has 0 aliphatic heterocycles. The highest BCUT2D eigenvalue weighted by molar-refractivity contribution is 6.32. The average Bonchev–Trinajstić information content (AvgIpc) is 3.14. The Labute approximate surface area is 149 Å². The molecule has 0 aliphatic rings. The van der Waals surface area contributed by atoms with Gasteiger partial charge in [0.05, 0.1) is 17.2 Å². The van der Waals surface area contributed by atoms with Gasteiger partial charge in [-0.05, 0) is 36.8 Å². The molecule has 3 aromatic rings. The number of nitrogens with zero attached hydrogens (tertiary/aromatic N) is 3. The number of nitriles is 1. The predicted molar refractivity (Wildman–Crippen MR) is 94.1 cm³/mol. The topological polar surface area (TPSA) is 95.0 Å². The SMILES string of the molecule is Cc1c(NC(CO)c2nnc(-c3ccccc3)o2)ccc(C#N)c1Cl. The first-order valence-corrected chi connectivity index (χ1v) is 7.97. The van der Waals surface area contributed by atoms with E-state index in [-0.39, 0.29) is 12.5 Å². The number of aliphatic hydroxyl groups excluding tert-OH is 1. The van der Waals surface area contributed by atoms with Crippen molar-refractivity contribution < 1.29 is 9.52 Å². The van der Waals surface area contributed by atoms with Crippen molar-refractivity contribution in [2.75, 3.05) is 11.9 Å². The highest BCUT2D eigenvalue weighted by Gasteiger charge is 2.20. The summed E-state index contributed by atoms with van der Waals surface area (Å²) in [5.74, 6) is 0.645. The summed E-state index contributed by atoms with van der Waals surface area (Å²) in [7, 11) is 0. The van der Waals surface area contributed by atoms with E-state index in [0.717, 1.165) is 5.56 Å². The van der Waals surface area contributed by atoms with E-state index < -0.39 is 6.04 Å². The Morgan fingerprint density at radius 3 is 2.68 bits per heavy atom. The lowest BCUT2D eigenvalue weighted by molar-refractivity contribution is 0.258. The van der Waals surface area contributed by atoms with Crippen LogP contribution in [0.4, 0.5) is 5.69 Å². The van der Waals surface area contributed by atoms with Crippen LogP contribution in [-0.2, 0) is 0 Å². The third-order valence-corrected chi connectivity index (χ3v) is 4.27. The number of halogens is 1. The molecule has 0 saturated heterocycles. The van der Waals surface area contributed by atoms with Crippen LogP contribution >= 0.6 is 11.6 Å². The van der Waals surface area contributed by atoms with Crippen LogP contribution in [-0.4, -0.2) is 21.9 Å². The molecule has 25 heavy (non-hydrogen) atoms. The van der Waals surface area contributed by atoms with E-state index in [9.17, 15) is 5.11 Å². The second-order valence-electron chi connectivity index (χ2n) is 5.40. The molecule has 0 aliphatic carbocycles. The Morgan fingerprint density at radius 1 is 1.24 bits per heavy atom. The van der Waals surface area contributed by atoms with Gasteiger partial charge in [-0.3, -0.25) is 0 Å². The summed E-state index contributed by atoms with van der Waals surface area (Å²) in [5, 5.41) is 30.3. The van der Waals surface area contributed by atoms with Gasteiger partial charge in [-0.2, -0.15) is 5.26 Å². The van der Waals surface area contributed by atoms with Crippen molar-refractivity contribution in [1.82, 2.24) is 10.2 Å². The molecule has 6 nitrogen and oxygen atoms in total. The second kappa shape index (κ2) is 7.34. The molecule has 0 saturated carbocycles. The fraction of sp³-hybridized carbons (Fsp3) is 0.167. The Kier molecular flexibility index (Phi) is 4.98. The summed E-state index contributed by atoms with van der Waals surface area (Å²) >= 11 is 6.18. The minimum absolute atomic E-state index is 0.243. The zero-order chi connectivity index (χ0) is 17.8. The summed E-state index contributed by atoms with van der Waals surface area (Å²) in [6.07, 6.45) is 0. The van der Waals surface area contributed by atoms with Crippen molar-refractivity contribution in [2.24, 2.45) is 0 Å². The van der Waals surface area contributed by atoms with Gasteiger partial charge in [-0.15, -0.1) is 10.2 Å². The van der Waals surface area contributed by atoms with Gasteiger partial charge in [0.15, 0.2) is 0 Å². The molecule has 2 aromatic carbocycles. The molecule has 0 spiro atoms. The molecule has 1 unspecified atom stereocenters. The number of rotatable bonds is 5. The summed E-state index contributed by atoms with van der Waals surface area (Å²) < 4.78 is 5.68. The van der Waals surface area contributed by atoms with E-state index in [1.807, 2.05) is 36.4 Å². The third-order valence-electron chi connectivity index (χ3n) is 3.78. The zero-order valence-corrected chi connectivity index (χ0v) is 14.2. The number of anilines is 1. The van der Waals surface area contributed by atoms with E-state index in [1.54, 1.807) is 19.1 Å². The van der Waals surface area contributed by atoms with Gasteiger partial charge in [0.1, 0.15) is 12.1 Å². The van der Waals surface area contributed by atoms with E-state index >= 15 is 0 Å². The molecule has 7 heteroatoms. The first-order chi connectivity index (χ1) is 12.1. The van der Waals surface area contributed by atoms with E-state index in [0.29, 0.717) is 27.7 Å². The smallest absolute Gasteiger partial charge is 0.247 e. The molecule has 2 N–H and O–H groups in total. The monoisotopic (exact) mass is 354 g/mol. The summed E-state index contributed by atoms with van der Waals surface area (Å²) in [6, 6.07) is 14.2. The number of benzene rings is 2. The third kappa shape index (κ3) is 3.48. The van der Waals surface area contributed by atoms with Crippen LogP contribution in [0.5, 0.6) is 0 Å². The van der Waals surface area contributed by atoms with Crippen LogP contribution in [0.3, 0.4) is 0 Å². The van der Waals surface area contributed by atoms with Crippen molar-refractivity contribution in [3.05, 3.63) is 64.5 Å². The summed E-state index contributed by atoms with van der Waals surface area (Å²) in [6.45, 7) is 1.55. The Hall–Kier alpha value is -2.88. The largest absolute Gasteiger partial charge is 0.418 e. The lowest BCUT2D eigenvalue weighted by Crippen LogP contribution is -2.16. The second-order valence-corrected chi connectivity index (χ2v) is 5.78. The quantitative estimate of drug-likeness (QED) is 0.725. The number of nitrogens with one attached hydrogen (secondary N) is 1. The molecular weight excluding hydrogens is 340 g/mol. The van der Waals surface area contributed by atoms with E-state index in [4.69, 9.17) is 21.3 Å². The number of hydrogen-bond acceptors (Lipinski definition) is 6. The van der Waals surface area contributed by atoms with E-state index in [2.05, 4.69) is 15.5 Å². The fourth-order valence-corrected chi connectivity index (χ4v) is 2.58. The van der Waals surface area contributed by atoms with Crippen LogP contribution in [0.25, 0.3) is 11.5 Å². The van der Waals surface area contributed by atoms with Gasteiger partial charge in [0.2, 0.25) is 11.8 Å². The molecule has 1 atom stereocenters. The molecule has 1 aromatic heterocycles. The van der Waals surface area contributed by atoms with E-state index in [1.165, 1.54) is 0 Å². The molecule has 0 radical (unpaired) electrons. The maximum absolute atomic E-state index is 9.71. The first-order valence-electron chi connectivity index (χ1n) is 7.59. The van der Waals surface area contributed by atoms with Crippen molar-refractivity contribution in [3.63, 3.8) is 0 Å². The highest BCUT2D eigenvalue weighted by atomic mass is 35.5. The molecule has 126 valence electrons. The Morgan fingerprint density at radius 2 is 2.00 bits per heavy atom. The fourth-order valence-electron chi connectivity index (χ4n) is 2.37. The summed E-state index contributed by atoms with van der Waals surface area (Å²) in [5.41, 5.74) is 2.59. The lowest BCUT2D eigenvalue weighted by Gasteiger charge is -2.16. The van der Waals surface area contributed by atoms with Crippen LogP contribution < -0.4 is 5.32 Å². The van der Waals surface area contributed by atoms with Crippen molar-refractivity contribution in [2.45, 2.75) is 13.0 Å². The van der Waals surface area contributed by atoms with Crippen LogP contribution in [0.2, 0.25) is 5.02 Å². The zero-order valence-electron chi connectivity index (χ0n) is 13.4. The summed E-state index contributed by atoms with van der Waals surface area (Å²) in [4.78, 5) is 0. The molecule has 1 heterocycles. The van der Waals surface area contributed by atoms with Gasteiger partial charge in [0, 0.05) is 11.3 Å². The molecule has 0 fully saturated rings. The van der Waals surface area contributed by atoms with Crippen molar-refractivity contribution in [1.29, 1.82) is 5.26 Å². The van der Waals surface area contributed by atoms with Crippen molar-refractivity contribution in [3.8, 4) is 17.5 Å². The normalized spacial score (nSPS) is 11.8. The van der Waals surface area contributed by atoms with Gasteiger partial charge in [-0.1, -0.05) is 29.8 Å². The van der Waals surface area contributed by atoms with Gasteiger partial charge in [-0.25, -0.2) is 0 Å². The molecule has 3 rings (SSSR count). The molecular formula is C18H15ClN4O2. The Bertz CT molecular complexity index is 919. The maximum Gasteiger partial charge on any atom is 0.247 e. The minimum Gasteiger partial charge on any atom is -0.418 e. The molecule has 0 amide bonds. The molecule has 0 bridgehead atoms. The minimum atomic E-state index is -0.590. The highest BCUT2D eigenvalue weighted by Crippen LogP contribution is 2.30. The number of hydrogen-bond donors (Lipinski definition) is 2. The van der Waals surface area contributed by atoms with Gasteiger partial charge in [0.25, 0.3) is 0 Å². The van der Waals surface area contributed by atoms with Crippen LogP contribution in [0, 0.1) is 18.3 Å². The predicted octanol–water partition coefficient (Wildman–Crippen LogP) is 3.72. The standard InChI is InChI=1S/C18H15ClN4O2/c1-11-14(8-7-13(9-20)16(11)19)21-15(10-24)18-23-22-17(25-18)12-5-3-2-4-6-12/h2-8,15,21,24H,10H2,1H3. The average molecular weight is 355 g/mol. The number of aliphatic hydroxyl groups is 1. The maximum atomic E-state index is 9.71. The first kappa shape index (κ1) is 17.0. The van der Waals surface area contributed by atoms with Crippen LogP contribution in [0.15, 0.2) is 46.9 Å². The van der Waals surface area contributed by atoms with Gasteiger partial charge < -0.3 is 14.8 Å². The Balaban J connectivity index is 1.86. The van der Waals surface area contributed by atoms with Gasteiger partial charge >= 0.3 is 0 Å². The number of aromatic nitrogens is 2. The lowest BCUT2D eigenvalue weighted by atomic mass is 10.1.